The van der Waals surface area contributed by atoms with E-state index >= 15 is 0 Å². The Bertz CT molecular complexity index is 1100. The number of nitrogens with one attached hydrogen (secondary N) is 2. The van der Waals surface area contributed by atoms with Gasteiger partial charge in [0.2, 0.25) is 0 Å². The zero-order valence-corrected chi connectivity index (χ0v) is 13.9. The number of nitro benzene ring substituents is 1. The lowest BCUT2D eigenvalue weighted by Crippen LogP contribution is -2.15. The minimum Gasteiger partial charge on any atom is -0.358 e. The number of rotatable bonds is 5. The normalized spacial score (nSPS) is 10.9. The van der Waals surface area contributed by atoms with Gasteiger partial charge in [0.25, 0.3) is 11.6 Å². The zero-order chi connectivity index (χ0) is 19.2. The van der Waals surface area contributed by atoms with E-state index in [4.69, 9.17) is 0 Å². The fraction of sp³-hybridized carbons (Fsp3) is 0. The second-order valence-corrected chi connectivity index (χ2v) is 5.42. The number of hydrogen-bond acceptors (Lipinski definition) is 6. The molecule has 0 unspecified atom stereocenters. The third-order valence-corrected chi connectivity index (χ3v) is 3.72. The first kappa shape index (κ1) is 17.6. The minimum absolute atomic E-state index is 0.0143. The molecule has 1 amide bonds. The van der Waals surface area contributed by atoms with Crippen LogP contribution in [0, 0.1) is 21.4 Å². The van der Waals surface area contributed by atoms with Gasteiger partial charge >= 0.3 is 0 Å². The Balaban J connectivity index is 1.83. The van der Waals surface area contributed by atoms with Crippen LogP contribution in [0.4, 0.5) is 17.1 Å². The smallest absolute Gasteiger partial charge is 0.292 e. The summed E-state index contributed by atoms with van der Waals surface area (Å²) in [6.07, 6.45) is 2.89. The Kier molecular flexibility index (Phi) is 5.05. The summed E-state index contributed by atoms with van der Waals surface area (Å²) in [5, 5.41) is 26.5. The van der Waals surface area contributed by atoms with Crippen LogP contribution in [0.2, 0.25) is 0 Å². The lowest BCUT2D eigenvalue weighted by molar-refractivity contribution is -0.383. The molecule has 0 saturated carbocycles. The molecule has 27 heavy (non-hydrogen) atoms. The molecule has 3 aromatic rings. The van der Waals surface area contributed by atoms with Crippen LogP contribution in [0.1, 0.15) is 0 Å². The summed E-state index contributed by atoms with van der Waals surface area (Å²) in [5.41, 5.74) is 0.836. The van der Waals surface area contributed by atoms with Gasteiger partial charge in [-0.05, 0) is 18.2 Å². The van der Waals surface area contributed by atoms with E-state index in [0.717, 1.165) is 5.39 Å². The molecule has 0 spiro atoms. The molecule has 0 atom stereocenters. The maximum atomic E-state index is 12.3. The predicted molar refractivity (Wildman–Crippen MR) is 101 cm³/mol. The topological polar surface area (TPSA) is 121 Å². The highest BCUT2D eigenvalue weighted by molar-refractivity contribution is 6.07. The highest BCUT2D eigenvalue weighted by atomic mass is 16.6. The molecule has 0 bridgehead atoms. The van der Waals surface area contributed by atoms with Crippen LogP contribution in [0.3, 0.4) is 0 Å². The number of nitro groups is 1. The monoisotopic (exact) mass is 359 g/mol. The third-order valence-electron chi connectivity index (χ3n) is 3.72. The summed E-state index contributed by atoms with van der Waals surface area (Å²) in [4.78, 5) is 27.0. The Labute approximate surface area is 153 Å². The van der Waals surface area contributed by atoms with Gasteiger partial charge in [-0.25, -0.2) is 0 Å². The van der Waals surface area contributed by atoms with Crippen molar-refractivity contribution in [1.82, 2.24) is 4.98 Å². The van der Waals surface area contributed by atoms with Crippen LogP contribution in [0.15, 0.2) is 72.6 Å². The molecule has 3 rings (SSSR count). The summed E-state index contributed by atoms with van der Waals surface area (Å²) in [6.45, 7) is 0. The molecule has 8 heteroatoms. The third kappa shape index (κ3) is 3.88. The first-order chi connectivity index (χ1) is 13.1. The number of pyridine rings is 1. The van der Waals surface area contributed by atoms with E-state index in [0.29, 0.717) is 11.2 Å². The van der Waals surface area contributed by atoms with Gasteiger partial charge < -0.3 is 10.6 Å². The van der Waals surface area contributed by atoms with Gasteiger partial charge in [0, 0.05) is 23.8 Å². The van der Waals surface area contributed by atoms with E-state index in [9.17, 15) is 20.2 Å². The van der Waals surface area contributed by atoms with Crippen LogP contribution < -0.4 is 10.6 Å². The molecule has 2 N–H and O–H groups in total. The molecule has 0 aliphatic rings. The predicted octanol–water partition coefficient (Wildman–Crippen LogP) is 3.60. The molecular weight excluding hydrogens is 346 g/mol. The molecule has 0 fully saturated rings. The van der Waals surface area contributed by atoms with Gasteiger partial charge in [-0.1, -0.05) is 30.3 Å². The highest BCUT2D eigenvalue weighted by Gasteiger charge is 2.17. The van der Waals surface area contributed by atoms with Crippen LogP contribution in [0.25, 0.3) is 10.9 Å². The molecule has 8 nitrogen and oxygen atoms in total. The molecule has 0 radical (unpaired) electrons. The largest absolute Gasteiger partial charge is 0.358 e. The molecule has 1 aromatic heterocycles. The Morgan fingerprint density at radius 2 is 1.85 bits per heavy atom. The van der Waals surface area contributed by atoms with Crippen molar-refractivity contribution in [3.8, 4) is 6.07 Å². The van der Waals surface area contributed by atoms with Crippen LogP contribution in [0.5, 0.6) is 0 Å². The number of amides is 1. The number of benzene rings is 2. The van der Waals surface area contributed by atoms with Crippen molar-refractivity contribution >= 4 is 33.9 Å². The summed E-state index contributed by atoms with van der Waals surface area (Å²) < 4.78 is 0. The number of nitriles is 1. The Morgan fingerprint density at radius 1 is 1.11 bits per heavy atom. The van der Waals surface area contributed by atoms with Crippen molar-refractivity contribution < 1.29 is 9.72 Å². The molecule has 0 saturated heterocycles. The number of nitrogens with zero attached hydrogens (tertiary/aromatic N) is 3. The molecular formula is C19H13N5O3. The standard InChI is InChI=1S/C19H13N5O3/c20-11-14(19(25)23-15-7-1-2-9-17(15)24(26)27)12-22-16-8-3-5-13-6-4-10-21-18(13)16/h1-10,12,22H,(H,23,25)/b14-12-. The zero-order valence-electron chi connectivity index (χ0n) is 13.9. The first-order valence-electron chi connectivity index (χ1n) is 7.85. The lowest BCUT2D eigenvalue weighted by atomic mass is 10.2. The number of carbonyl (C=O) groups excluding carboxylic acids is 1. The van der Waals surface area contributed by atoms with E-state index < -0.39 is 10.8 Å². The van der Waals surface area contributed by atoms with Crippen LogP contribution >= 0.6 is 0 Å². The number of aromatic nitrogens is 1. The van der Waals surface area contributed by atoms with Crippen molar-refractivity contribution in [3.05, 3.63) is 82.7 Å². The lowest BCUT2D eigenvalue weighted by Gasteiger charge is -2.07. The van der Waals surface area contributed by atoms with Gasteiger partial charge in [0.1, 0.15) is 17.3 Å². The van der Waals surface area contributed by atoms with E-state index in [2.05, 4.69) is 15.6 Å². The van der Waals surface area contributed by atoms with Crippen molar-refractivity contribution in [2.24, 2.45) is 0 Å². The maximum Gasteiger partial charge on any atom is 0.292 e. The maximum absolute atomic E-state index is 12.3. The van der Waals surface area contributed by atoms with Crippen molar-refractivity contribution in [1.29, 1.82) is 5.26 Å². The number of fused-ring (bicyclic) bond motifs is 1. The molecule has 0 aliphatic carbocycles. The Hall–Kier alpha value is -4.25. The van der Waals surface area contributed by atoms with Crippen molar-refractivity contribution in [2.45, 2.75) is 0 Å². The molecule has 1 heterocycles. The fourth-order valence-electron chi connectivity index (χ4n) is 2.45. The number of anilines is 2. The highest BCUT2D eigenvalue weighted by Crippen LogP contribution is 2.24. The van der Waals surface area contributed by atoms with Gasteiger partial charge in [-0.15, -0.1) is 0 Å². The average Bonchev–Trinajstić information content (AvgIpc) is 2.68. The van der Waals surface area contributed by atoms with Crippen LogP contribution in [-0.4, -0.2) is 15.8 Å². The number of hydrogen-bond donors (Lipinski definition) is 2. The minimum atomic E-state index is -0.757. The van der Waals surface area contributed by atoms with Gasteiger partial charge in [0.15, 0.2) is 0 Å². The first-order valence-corrected chi connectivity index (χ1v) is 7.85. The van der Waals surface area contributed by atoms with Crippen molar-refractivity contribution in [3.63, 3.8) is 0 Å². The average molecular weight is 359 g/mol. The molecule has 0 aliphatic heterocycles. The quantitative estimate of drug-likeness (QED) is 0.311. The van der Waals surface area contributed by atoms with Gasteiger partial charge in [0.05, 0.1) is 16.1 Å². The van der Waals surface area contributed by atoms with E-state index in [1.807, 2.05) is 24.3 Å². The van der Waals surface area contributed by atoms with Crippen LogP contribution in [-0.2, 0) is 4.79 Å². The summed E-state index contributed by atoms with van der Waals surface area (Å²) in [6, 6.07) is 16.7. The van der Waals surface area contributed by atoms with E-state index in [-0.39, 0.29) is 16.9 Å². The summed E-state index contributed by atoms with van der Waals surface area (Å²) in [7, 11) is 0. The fourth-order valence-corrected chi connectivity index (χ4v) is 2.45. The summed E-state index contributed by atoms with van der Waals surface area (Å²) in [5.74, 6) is -0.757. The molecule has 2 aromatic carbocycles. The summed E-state index contributed by atoms with van der Waals surface area (Å²) >= 11 is 0. The Morgan fingerprint density at radius 3 is 2.63 bits per heavy atom. The SMILES string of the molecule is N#C/C(=C/Nc1cccc2cccnc12)C(=O)Nc1ccccc1[N+](=O)[O-]. The number of para-hydroxylation sites is 3. The van der Waals surface area contributed by atoms with Gasteiger partial charge in [-0.3, -0.25) is 19.9 Å². The van der Waals surface area contributed by atoms with E-state index in [1.165, 1.54) is 24.4 Å². The molecule has 132 valence electrons. The second-order valence-electron chi connectivity index (χ2n) is 5.42. The van der Waals surface area contributed by atoms with Crippen molar-refractivity contribution in [2.75, 3.05) is 10.6 Å². The van der Waals surface area contributed by atoms with Gasteiger partial charge in [-0.2, -0.15) is 5.26 Å². The number of carbonyl (C=O) groups is 1. The second kappa shape index (κ2) is 7.76. The van der Waals surface area contributed by atoms with E-state index in [1.54, 1.807) is 24.4 Å².